The fraction of sp³-hybridized carbons (Fsp3) is 0.306. The third kappa shape index (κ3) is 6.00. The second kappa shape index (κ2) is 12.7. The monoisotopic (exact) mass is 560 g/mol. The summed E-state index contributed by atoms with van der Waals surface area (Å²) < 4.78 is 5.54. The van der Waals surface area contributed by atoms with Crippen molar-refractivity contribution >= 4 is 34.5 Å². The number of nitrogens with one attached hydrogen (secondary N) is 2. The first-order valence-corrected chi connectivity index (χ1v) is 14.7. The minimum atomic E-state index is 0.00205. The van der Waals surface area contributed by atoms with Crippen molar-refractivity contribution in [1.29, 1.82) is 5.41 Å². The van der Waals surface area contributed by atoms with Gasteiger partial charge in [0.2, 0.25) is 0 Å². The number of aliphatic imine (C=N–C) groups is 1. The minimum absolute atomic E-state index is 0.00205. The molecule has 216 valence electrons. The maximum absolute atomic E-state index is 13.1. The SMILES string of the molecule is C=Cc1c(OC)ccc(C2=CN=C3/C(Nc4ccc(C(=O)CC(=N)[C@H]5CC[C@H](N)CC5)c(C)c4)=C/C/C=C\C=C\23)c1C. The van der Waals surface area contributed by atoms with Gasteiger partial charge in [-0.05, 0) is 92.8 Å². The molecule has 0 atom stereocenters. The van der Waals surface area contributed by atoms with Crippen LogP contribution < -0.4 is 15.8 Å². The Morgan fingerprint density at radius 3 is 2.67 bits per heavy atom. The molecule has 1 heterocycles. The highest BCUT2D eigenvalue weighted by atomic mass is 16.5. The van der Waals surface area contributed by atoms with Gasteiger partial charge in [0.05, 0.1) is 18.5 Å². The molecule has 1 fully saturated rings. The van der Waals surface area contributed by atoms with Crippen LogP contribution in [0.1, 0.15) is 71.1 Å². The molecule has 6 heteroatoms. The van der Waals surface area contributed by atoms with E-state index < -0.39 is 0 Å². The molecule has 5 rings (SSSR count). The van der Waals surface area contributed by atoms with Gasteiger partial charge in [-0.3, -0.25) is 9.79 Å². The molecule has 0 unspecified atom stereocenters. The number of fused-ring (bicyclic) bond motifs is 1. The van der Waals surface area contributed by atoms with Crippen LogP contribution in [0, 0.1) is 25.2 Å². The van der Waals surface area contributed by atoms with E-state index in [1.807, 2.05) is 43.5 Å². The molecule has 0 spiro atoms. The Morgan fingerprint density at radius 1 is 1.17 bits per heavy atom. The number of ether oxygens (including phenoxy) is 1. The van der Waals surface area contributed by atoms with Crippen LogP contribution in [0.15, 0.2) is 83.7 Å². The van der Waals surface area contributed by atoms with Gasteiger partial charge in [-0.1, -0.05) is 43.0 Å². The number of nitrogens with two attached hydrogens (primary N) is 1. The van der Waals surface area contributed by atoms with Crippen LogP contribution in [-0.2, 0) is 0 Å². The van der Waals surface area contributed by atoms with E-state index in [0.717, 1.165) is 88.3 Å². The van der Waals surface area contributed by atoms with Crippen molar-refractivity contribution in [2.24, 2.45) is 16.6 Å². The number of methoxy groups -OCH3 is 1. The Kier molecular flexibility index (Phi) is 8.83. The second-order valence-electron chi connectivity index (χ2n) is 11.3. The quantitative estimate of drug-likeness (QED) is 0.216. The Hall–Kier alpha value is -4.29. The molecule has 4 N–H and O–H groups in total. The molecule has 0 amide bonds. The smallest absolute Gasteiger partial charge is 0.168 e. The molecule has 0 saturated heterocycles. The van der Waals surface area contributed by atoms with Crippen molar-refractivity contribution in [2.45, 2.75) is 58.4 Å². The van der Waals surface area contributed by atoms with Gasteiger partial charge in [-0.2, -0.15) is 0 Å². The Labute approximate surface area is 249 Å². The summed E-state index contributed by atoms with van der Waals surface area (Å²) in [6, 6.07) is 10.1. The van der Waals surface area contributed by atoms with Crippen LogP contribution in [0.3, 0.4) is 0 Å². The van der Waals surface area contributed by atoms with Gasteiger partial charge in [-0.25, -0.2) is 0 Å². The van der Waals surface area contributed by atoms with Crippen molar-refractivity contribution in [3.05, 3.63) is 107 Å². The number of anilines is 1. The van der Waals surface area contributed by atoms with Crippen molar-refractivity contribution in [1.82, 2.24) is 0 Å². The zero-order valence-corrected chi connectivity index (χ0v) is 24.8. The average molecular weight is 561 g/mol. The van der Waals surface area contributed by atoms with Crippen molar-refractivity contribution in [3.8, 4) is 5.75 Å². The topological polar surface area (TPSA) is 101 Å². The van der Waals surface area contributed by atoms with Gasteiger partial charge in [0.1, 0.15) is 5.75 Å². The summed E-state index contributed by atoms with van der Waals surface area (Å²) in [6.07, 6.45) is 16.8. The van der Waals surface area contributed by atoms with E-state index in [1.54, 1.807) is 7.11 Å². The summed E-state index contributed by atoms with van der Waals surface area (Å²) in [5.74, 6) is 0.975. The molecule has 0 aromatic heterocycles. The lowest BCUT2D eigenvalue weighted by Crippen LogP contribution is -2.30. The number of ketones is 1. The van der Waals surface area contributed by atoms with E-state index >= 15 is 0 Å². The minimum Gasteiger partial charge on any atom is -0.496 e. The first-order chi connectivity index (χ1) is 20.3. The number of carbonyl (C=O) groups is 1. The van der Waals surface area contributed by atoms with E-state index in [2.05, 4.69) is 49.2 Å². The first-order valence-electron chi connectivity index (χ1n) is 14.7. The van der Waals surface area contributed by atoms with Crippen LogP contribution in [0.25, 0.3) is 11.6 Å². The number of rotatable bonds is 9. The molecular formula is C36H40N4O2. The summed E-state index contributed by atoms with van der Waals surface area (Å²) in [5, 5.41) is 12.1. The molecule has 0 bridgehead atoms. The van der Waals surface area contributed by atoms with E-state index in [-0.39, 0.29) is 24.2 Å². The predicted octanol–water partition coefficient (Wildman–Crippen LogP) is 7.74. The summed E-state index contributed by atoms with van der Waals surface area (Å²) in [7, 11) is 1.67. The highest BCUT2D eigenvalue weighted by Crippen LogP contribution is 2.38. The zero-order chi connectivity index (χ0) is 29.8. The third-order valence-corrected chi connectivity index (χ3v) is 8.59. The number of allylic oxidation sites excluding steroid dienone is 6. The lowest BCUT2D eigenvalue weighted by Gasteiger charge is -2.26. The van der Waals surface area contributed by atoms with Crippen molar-refractivity contribution in [2.75, 3.05) is 12.4 Å². The van der Waals surface area contributed by atoms with E-state index in [1.165, 1.54) is 0 Å². The zero-order valence-electron chi connectivity index (χ0n) is 24.8. The summed E-state index contributed by atoms with van der Waals surface area (Å²) in [4.78, 5) is 18.0. The number of hydrogen-bond donors (Lipinski definition) is 3. The standard InChI is InChI=1S/C36H40N4O2/c1-5-27-23(3)29(17-18-35(27)42-4)31-21-39-36-30(31)9-7-6-8-10-33(36)40-26-15-16-28(22(2)19-26)34(41)20-32(38)24-11-13-25(37)14-12-24/h5-7,9-10,15-19,21,24-25,38,40H,1,8,11-14,20,37H2,2-4H3/b7-6-,30-9-,33-10-,38-32?/t24-,25-. The third-order valence-electron chi connectivity index (χ3n) is 8.59. The number of hydrogen-bond acceptors (Lipinski definition) is 6. The number of nitrogens with zero attached hydrogens (tertiary/aromatic N) is 1. The van der Waals surface area contributed by atoms with E-state index in [9.17, 15) is 4.79 Å². The number of carbonyl (C=O) groups excluding carboxylic acids is 1. The summed E-state index contributed by atoms with van der Waals surface area (Å²) >= 11 is 0. The first kappa shape index (κ1) is 29.2. The van der Waals surface area contributed by atoms with Gasteiger partial charge >= 0.3 is 0 Å². The van der Waals surface area contributed by atoms with Crippen molar-refractivity contribution in [3.63, 3.8) is 0 Å². The Morgan fingerprint density at radius 2 is 1.95 bits per heavy atom. The maximum atomic E-state index is 13.1. The van der Waals surface area contributed by atoms with Crippen LogP contribution in [0.5, 0.6) is 5.75 Å². The molecule has 6 nitrogen and oxygen atoms in total. The number of aryl methyl sites for hydroxylation is 1. The molecule has 0 radical (unpaired) electrons. The normalized spacial score (nSPS) is 23.0. The van der Waals surface area contributed by atoms with Gasteiger partial charge in [0.15, 0.2) is 5.78 Å². The van der Waals surface area contributed by atoms with Gasteiger partial charge in [-0.15, -0.1) is 0 Å². The average Bonchev–Trinajstić information content (AvgIpc) is 3.37. The maximum Gasteiger partial charge on any atom is 0.168 e. The van der Waals surface area contributed by atoms with E-state index in [4.69, 9.17) is 20.9 Å². The second-order valence-corrected chi connectivity index (χ2v) is 11.3. The van der Waals surface area contributed by atoms with Gasteiger partial charge in [0, 0.05) is 52.3 Å². The fourth-order valence-corrected chi connectivity index (χ4v) is 6.15. The highest BCUT2D eigenvalue weighted by molar-refractivity contribution is 6.25. The van der Waals surface area contributed by atoms with Gasteiger partial charge in [0.25, 0.3) is 0 Å². The highest BCUT2D eigenvalue weighted by Gasteiger charge is 2.26. The molecular weight excluding hydrogens is 520 g/mol. The molecule has 2 aromatic carbocycles. The fourth-order valence-electron chi connectivity index (χ4n) is 6.15. The molecule has 42 heavy (non-hydrogen) atoms. The van der Waals surface area contributed by atoms with Crippen molar-refractivity contribution < 1.29 is 9.53 Å². The van der Waals surface area contributed by atoms with Crippen LogP contribution in [-0.4, -0.2) is 30.4 Å². The van der Waals surface area contributed by atoms with Gasteiger partial charge < -0.3 is 21.2 Å². The lowest BCUT2D eigenvalue weighted by atomic mass is 9.81. The molecule has 1 aliphatic heterocycles. The van der Waals surface area contributed by atoms with Crippen LogP contribution >= 0.6 is 0 Å². The molecule has 3 aliphatic rings. The number of Topliss-reactive ketones (excluding diaryl/α,β-unsaturated/α-hetero) is 1. The summed E-state index contributed by atoms with van der Waals surface area (Å²) in [6.45, 7) is 8.03. The molecule has 2 aliphatic carbocycles. The Bertz CT molecular complexity index is 1580. The summed E-state index contributed by atoms with van der Waals surface area (Å²) in [5.41, 5.74) is 16.1. The molecule has 2 aromatic rings. The molecule has 1 saturated carbocycles. The van der Waals surface area contributed by atoms with E-state index in [0.29, 0.717) is 11.3 Å². The van der Waals surface area contributed by atoms with Crippen LogP contribution in [0.4, 0.5) is 5.69 Å². The van der Waals surface area contributed by atoms with Crippen LogP contribution in [0.2, 0.25) is 0 Å². The lowest BCUT2D eigenvalue weighted by molar-refractivity contribution is 0.0998. The Balaban J connectivity index is 1.32. The largest absolute Gasteiger partial charge is 0.496 e. The predicted molar refractivity (Wildman–Crippen MR) is 175 cm³/mol. The number of benzene rings is 2.